The van der Waals surface area contributed by atoms with E-state index in [-0.39, 0.29) is 22.5 Å². The SMILES string of the molecule is Fc1cc(F)cc(-c2cc(-n3c4ccc(-c5cccnc5-c5ccccc5)cc4c4cc(-c5cccnc5-c5ccccc5)ccc43)c(C(F)(F)F)cc2-n2c3ccc(-c4cccnc4-c4ccccc4)cc3c3cc(-c4cccnc4-c4ccccc4)ccc32)c1. The van der Waals surface area contributed by atoms with Crippen molar-refractivity contribution in [2.24, 2.45) is 0 Å². The molecule has 0 fully saturated rings. The van der Waals surface area contributed by atoms with Crippen LogP contribution in [0.15, 0.2) is 298 Å². The summed E-state index contributed by atoms with van der Waals surface area (Å²) in [6.45, 7) is 0. The van der Waals surface area contributed by atoms with E-state index in [2.05, 4.69) is 0 Å². The van der Waals surface area contributed by atoms with Gasteiger partial charge in [0.15, 0.2) is 0 Å². The van der Waals surface area contributed by atoms with Gasteiger partial charge in [-0.05, 0) is 125 Å². The third kappa shape index (κ3) is 9.75. The minimum absolute atomic E-state index is 0.0295. The predicted molar refractivity (Wildman–Crippen MR) is 360 cm³/mol. The largest absolute Gasteiger partial charge is 0.418 e. The van der Waals surface area contributed by atoms with Gasteiger partial charge in [-0.2, -0.15) is 13.2 Å². The van der Waals surface area contributed by atoms with Gasteiger partial charge in [0, 0.05) is 102 Å². The van der Waals surface area contributed by atoms with Gasteiger partial charge in [0.05, 0.1) is 61.8 Å². The summed E-state index contributed by atoms with van der Waals surface area (Å²) in [5, 5.41) is 2.74. The number of hydrogen-bond donors (Lipinski definition) is 0. The number of pyridine rings is 4. The van der Waals surface area contributed by atoms with E-state index in [1.165, 1.54) is 18.2 Å². The fourth-order valence-corrected chi connectivity index (χ4v) is 13.2. The number of alkyl halides is 3. The molecule has 0 N–H and O–H groups in total. The van der Waals surface area contributed by atoms with Gasteiger partial charge < -0.3 is 9.13 Å². The number of halogens is 5. The molecule has 0 radical (unpaired) electrons. The van der Waals surface area contributed by atoms with Gasteiger partial charge in [-0.15, -0.1) is 0 Å². The lowest BCUT2D eigenvalue weighted by atomic mass is 9.96. The molecule has 0 aliphatic carbocycles. The molecule has 92 heavy (non-hydrogen) atoms. The summed E-state index contributed by atoms with van der Waals surface area (Å²) in [6, 6.07) is 83.9. The first-order valence-electron chi connectivity index (χ1n) is 30.0. The zero-order chi connectivity index (χ0) is 62.0. The second-order valence-electron chi connectivity index (χ2n) is 22.7. The third-order valence-corrected chi connectivity index (χ3v) is 17.3. The lowest BCUT2D eigenvalue weighted by molar-refractivity contribution is -0.137. The predicted octanol–water partition coefficient (Wildman–Crippen LogP) is 21.8. The molecule has 438 valence electrons. The van der Waals surface area contributed by atoms with Crippen molar-refractivity contribution in [3.63, 3.8) is 0 Å². The highest BCUT2D eigenvalue weighted by Crippen LogP contribution is 2.48. The van der Waals surface area contributed by atoms with E-state index in [9.17, 15) is 0 Å². The maximum absolute atomic E-state index is 17.0. The van der Waals surface area contributed by atoms with Crippen LogP contribution in [-0.4, -0.2) is 29.1 Å². The first-order valence-corrected chi connectivity index (χ1v) is 30.0. The molecular formula is C81H49F5N6. The van der Waals surface area contributed by atoms with Crippen molar-refractivity contribution in [2.75, 3.05) is 0 Å². The molecular weight excluding hydrogens is 1150 g/mol. The molecule has 16 rings (SSSR count). The Bertz CT molecular complexity index is 5230. The van der Waals surface area contributed by atoms with Crippen LogP contribution >= 0.6 is 0 Å². The molecule has 10 aromatic carbocycles. The summed E-state index contributed by atoms with van der Waals surface area (Å²) in [5.41, 5.74) is 14.1. The number of aromatic nitrogens is 6. The molecule has 0 saturated carbocycles. The van der Waals surface area contributed by atoms with Crippen LogP contribution in [0, 0.1) is 11.6 Å². The first kappa shape index (κ1) is 55.4. The van der Waals surface area contributed by atoms with E-state index in [1.54, 1.807) is 33.9 Å². The van der Waals surface area contributed by atoms with E-state index in [4.69, 9.17) is 19.9 Å². The second-order valence-corrected chi connectivity index (χ2v) is 22.7. The summed E-state index contributed by atoms with van der Waals surface area (Å²) in [5.74, 6) is -1.79. The van der Waals surface area contributed by atoms with Crippen molar-refractivity contribution in [1.29, 1.82) is 0 Å². The van der Waals surface area contributed by atoms with Gasteiger partial charge in [0.2, 0.25) is 0 Å². The Hall–Kier alpha value is -12.0. The maximum atomic E-state index is 17.0. The Morgan fingerprint density at radius 1 is 0.250 bits per heavy atom. The van der Waals surface area contributed by atoms with Gasteiger partial charge in [-0.1, -0.05) is 170 Å². The minimum atomic E-state index is -5.00. The third-order valence-electron chi connectivity index (χ3n) is 17.3. The van der Waals surface area contributed by atoms with E-state index >= 15 is 22.0 Å². The van der Waals surface area contributed by atoms with Crippen molar-refractivity contribution in [3.8, 4) is 112 Å². The van der Waals surface area contributed by atoms with E-state index in [0.29, 0.717) is 43.6 Å². The van der Waals surface area contributed by atoms with Crippen LogP contribution in [0.2, 0.25) is 0 Å². The van der Waals surface area contributed by atoms with Crippen molar-refractivity contribution < 1.29 is 22.0 Å². The van der Waals surface area contributed by atoms with Gasteiger partial charge in [0.1, 0.15) is 11.6 Å². The summed E-state index contributed by atoms with van der Waals surface area (Å²) in [6.07, 6.45) is 1.99. The van der Waals surface area contributed by atoms with Crippen LogP contribution in [0.4, 0.5) is 22.0 Å². The van der Waals surface area contributed by atoms with Gasteiger partial charge in [0.25, 0.3) is 0 Å². The van der Waals surface area contributed by atoms with Crippen LogP contribution in [0.3, 0.4) is 0 Å². The molecule has 6 nitrogen and oxygen atoms in total. The summed E-state index contributed by atoms with van der Waals surface area (Å²) >= 11 is 0. The molecule has 0 aliphatic rings. The number of fused-ring (bicyclic) bond motifs is 6. The van der Waals surface area contributed by atoms with Crippen LogP contribution < -0.4 is 0 Å². The molecule has 6 heterocycles. The standard InChI is InChI=1S/C81H49F5N6/c82-59-41-58(42-60(83)47-59)65-48-76(92-73-35-31-56(63-27-15-39-89-79(63)52-21-9-3-10-22-52)45-68(73)69-46-57(32-36-74(69)92)64-28-16-40-90-80(64)53-23-11-4-12-24-53)70(81(84,85)86)49-75(65)91-71-33-29-54(61-25-13-37-87-77(61)50-17-5-1-6-18-50)43-66(71)67-44-55(30-34-72(67)91)62-26-14-38-88-78(62)51-19-7-2-8-20-51/h1-49H. The number of hydrogen-bond acceptors (Lipinski definition) is 4. The summed E-state index contributed by atoms with van der Waals surface area (Å²) in [7, 11) is 0. The molecule has 16 aromatic rings. The van der Waals surface area contributed by atoms with Crippen molar-refractivity contribution in [2.45, 2.75) is 6.18 Å². The van der Waals surface area contributed by atoms with Crippen molar-refractivity contribution >= 4 is 43.6 Å². The van der Waals surface area contributed by atoms with E-state index in [0.717, 1.165) is 102 Å². The van der Waals surface area contributed by atoms with E-state index < -0.39 is 23.4 Å². The lowest BCUT2D eigenvalue weighted by Crippen LogP contribution is -2.13. The smallest absolute Gasteiger partial charge is 0.309 e. The van der Waals surface area contributed by atoms with Gasteiger partial charge in [-0.25, -0.2) is 8.78 Å². The Labute approximate surface area is 525 Å². The van der Waals surface area contributed by atoms with Crippen molar-refractivity contribution in [1.82, 2.24) is 29.1 Å². The summed E-state index contributed by atoms with van der Waals surface area (Å²) < 4.78 is 86.5. The van der Waals surface area contributed by atoms with Crippen LogP contribution in [-0.2, 0) is 6.18 Å². The van der Waals surface area contributed by atoms with Crippen LogP contribution in [0.25, 0.3) is 156 Å². The Morgan fingerprint density at radius 3 is 0.859 bits per heavy atom. The molecule has 0 saturated heterocycles. The second kappa shape index (κ2) is 22.6. The molecule has 6 aromatic heterocycles. The highest BCUT2D eigenvalue weighted by Gasteiger charge is 2.37. The molecule has 0 spiro atoms. The minimum Gasteiger partial charge on any atom is -0.309 e. The normalized spacial score (nSPS) is 11.8. The van der Waals surface area contributed by atoms with Crippen LogP contribution in [0.5, 0.6) is 0 Å². The fourth-order valence-electron chi connectivity index (χ4n) is 13.2. The molecule has 11 heteroatoms. The fraction of sp³-hybridized carbons (Fsp3) is 0.0123. The average Bonchev–Trinajstić information content (AvgIpc) is 1.54. The monoisotopic (exact) mass is 1200 g/mol. The van der Waals surface area contributed by atoms with Crippen molar-refractivity contribution in [3.05, 3.63) is 315 Å². The lowest BCUT2D eigenvalue weighted by Gasteiger charge is -2.22. The number of rotatable bonds is 11. The molecule has 0 bridgehead atoms. The van der Waals surface area contributed by atoms with Gasteiger partial charge in [-0.3, -0.25) is 19.9 Å². The highest BCUT2D eigenvalue weighted by atomic mass is 19.4. The molecule has 0 aliphatic heterocycles. The Kier molecular flexibility index (Phi) is 13.6. The molecule has 0 unspecified atom stereocenters. The average molecular weight is 1200 g/mol. The number of benzene rings is 10. The Balaban J connectivity index is 0.980. The topological polar surface area (TPSA) is 61.4 Å². The quantitative estimate of drug-likeness (QED) is 0.121. The zero-order valence-electron chi connectivity index (χ0n) is 48.9. The van der Waals surface area contributed by atoms with Crippen LogP contribution in [0.1, 0.15) is 5.56 Å². The first-order chi connectivity index (χ1) is 45.1. The Morgan fingerprint density at radius 2 is 0.554 bits per heavy atom. The highest BCUT2D eigenvalue weighted by molar-refractivity contribution is 6.14. The zero-order valence-corrected chi connectivity index (χ0v) is 48.9. The number of nitrogens with zero attached hydrogens (tertiary/aromatic N) is 6. The summed E-state index contributed by atoms with van der Waals surface area (Å²) in [4.78, 5) is 19.4. The molecule has 0 atom stereocenters. The van der Waals surface area contributed by atoms with E-state index in [1.807, 2.05) is 243 Å². The maximum Gasteiger partial charge on any atom is 0.418 e. The van der Waals surface area contributed by atoms with Gasteiger partial charge >= 0.3 is 6.18 Å². The molecule has 0 amide bonds.